The molecule has 0 aliphatic heterocycles. The van der Waals surface area contributed by atoms with Crippen molar-refractivity contribution in [2.75, 3.05) is 14.2 Å². The quantitative estimate of drug-likeness (QED) is 0.622. The highest BCUT2D eigenvalue weighted by atomic mass is 79.9. The van der Waals surface area contributed by atoms with E-state index in [9.17, 15) is 9.18 Å². The molecule has 0 unspecified atom stereocenters. The second-order valence-electron chi connectivity index (χ2n) is 4.17. The number of carbonyl (C=O) groups is 1. The van der Waals surface area contributed by atoms with Crippen LogP contribution in [0.2, 0.25) is 0 Å². The number of carbonyl (C=O) groups excluding carboxylic acids is 1. The Morgan fingerprint density at radius 3 is 2.48 bits per heavy atom. The molecule has 0 saturated carbocycles. The van der Waals surface area contributed by atoms with Gasteiger partial charge in [0.25, 0.3) is 0 Å². The van der Waals surface area contributed by atoms with E-state index in [0.717, 1.165) is 6.20 Å². The molecule has 0 radical (unpaired) electrons. The molecule has 0 bridgehead atoms. The Bertz CT molecular complexity index is 659. The van der Waals surface area contributed by atoms with Crippen molar-refractivity contribution in [1.29, 1.82) is 0 Å². The molecule has 2 aromatic rings. The van der Waals surface area contributed by atoms with Gasteiger partial charge in [-0.15, -0.1) is 0 Å². The zero-order valence-corrected chi connectivity index (χ0v) is 13.1. The van der Waals surface area contributed by atoms with Crippen LogP contribution >= 0.6 is 15.9 Å². The number of hydrogen-bond acceptors (Lipinski definition) is 4. The van der Waals surface area contributed by atoms with E-state index in [1.807, 2.05) is 0 Å². The molecule has 2 rings (SSSR count). The van der Waals surface area contributed by atoms with Crippen molar-refractivity contribution in [1.82, 2.24) is 4.98 Å². The summed E-state index contributed by atoms with van der Waals surface area (Å²) >= 11 is 3.32. The van der Waals surface area contributed by atoms with Crippen molar-refractivity contribution in [2.45, 2.75) is 5.33 Å². The summed E-state index contributed by atoms with van der Waals surface area (Å²) in [4.78, 5) is 15.3. The molecular weight excluding hydrogens is 341 g/mol. The topological polar surface area (TPSA) is 48.4 Å². The summed E-state index contributed by atoms with van der Waals surface area (Å²) in [5, 5.41) is 0.398. The van der Waals surface area contributed by atoms with E-state index in [2.05, 4.69) is 25.7 Å². The first kappa shape index (κ1) is 15.4. The predicted octanol–water partition coefficient (Wildman–Crippen LogP) is 3.58. The van der Waals surface area contributed by atoms with Gasteiger partial charge in [-0.2, -0.15) is 0 Å². The second kappa shape index (κ2) is 6.67. The van der Waals surface area contributed by atoms with Gasteiger partial charge < -0.3 is 9.47 Å². The van der Waals surface area contributed by atoms with Crippen LogP contribution in [0.25, 0.3) is 11.1 Å². The number of alkyl halides is 1. The summed E-state index contributed by atoms with van der Waals surface area (Å²) in [5.74, 6) is -0.522. The maximum atomic E-state index is 14.1. The monoisotopic (exact) mass is 353 g/mol. The van der Waals surface area contributed by atoms with Crippen molar-refractivity contribution in [3.05, 3.63) is 47.4 Å². The van der Waals surface area contributed by atoms with Crippen LogP contribution in [0.15, 0.2) is 30.5 Å². The number of benzene rings is 1. The molecule has 0 spiro atoms. The molecule has 1 aromatic carbocycles. The van der Waals surface area contributed by atoms with Crippen LogP contribution in [-0.2, 0) is 10.1 Å². The molecule has 0 saturated heterocycles. The number of pyridine rings is 1. The van der Waals surface area contributed by atoms with Crippen molar-refractivity contribution < 1.29 is 18.7 Å². The predicted molar refractivity (Wildman–Crippen MR) is 80.2 cm³/mol. The number of nitrogens with zero attached hydrogens (tertiary/aromatic N) is 1. The summed E-state index contributed by atoms with van der Waals surface area (Å²) in [6, 6.07) is 6.50. The van der Waals surface area contributed by atoms with Crippen LogP contribution < -0.4 is 4.74 Å². The normalized spacial score (nSPS) is 10.3. The van der Waals surface area contributed by atoms with E-state index in [0.29, 0.717) is 33.5 Å². The summed E-state index contributed by atoms with van der Waals surface area (Å²) in [6.07, 6.45) is 1.12. The zero-order valence-electron chi connectivity index (χ0n) is 11.5. The van der Waals surface area contributed by atoms with E-state index in [-0.39, 0.29) is 0 Å². The Morgan fingerprint density at radius 2 is 1.95 bits per heavy atom. The van der Waals surface area contributed by atoms with Gasteiger partial charge in [0.15, 0.2) is 0 Å². The maximum absolute atomic E-state index is 14.1. The lowest BCUT2D eigenvalue weighted by molar-refractivity contribution is 0.0601. The zero-order chi connectivity index (χ0) is 15.4. The van der Waals surface area contributed by atoms with Gasteiger partial charge in [0.2, 0.25) is 5.88 Å². The standard InChI is InChI=1S/C15H13BrFNO3/c1-20-14-11(7-16)13(12(17)8-18-14)9-3-5-10(6-4-9)15(19)21-2/h3-6,8H,7H2,1-2H3. The Balaban J connectivity index is 2.53. The SMILES string of the molecule is COC(=O)c1ccc(-c2c(F)cnc(OC)c2CBr)cc1. The highest BCUT2D eigenvalue weighted by Crippen LogP contribution is 2.33. The van der Waals surface area contributed by atoms with E-state index >= 15 is 0 Å². The van der Waals surface area contributed by atoms with E-state index in [4.69, 9.17) is 4.74 Å². The van der Waals surface area contributed by atoms with Crippen LogP contribution in [0.1, 0.15) is 15.9 Å². The van der Waals surface area contributed by atoms with Crippen molar-refractivity contribution >= 4 is 21.9 Å². The van der Waals surface area contributed by atoms with Crippen molar-refractivity contribution in [2.24, 2.45) is 0 Å². The van der Waals surface area contributed by atoms with Crippen LogP contribution in [0, 0.1) is 5.82 Å². The Morgan fingerprint density at radius 1 is 1.29 bits per heavy atom. The third-order valence-electron chi connectivity index (χ3n) is 3.02. The number of methoxy groups -OCH3 is 2. The first-order valence-electron chi connectivity index (χ1n) is 6.08. The first-order valence-corrected chi connectivity index (χ1v) is 7.20. The molecule has 0 aliphatic rings. The minimum absolute atomic E-state index is 0.361. The lowest BCUT2D eigenvalue weighted by Gasteiger charge is -2.12. The number of aromatic nitrogens is 1. The highest BCUT2D eigenvalue weighted by molar-refractivity contribution is 9.08. The Hall–Kier alpha value is -1.95. The number of hydrogen-bond donors (Lipinski definition) is 0. The van der Waals surface area contributed by atoms with Crippen molar-refractivity contribution in [3.8, 4) is 17.0 Å². The molecule has 1 heterocycles. The summed E-state index contributed by atoms with van der Waals surface area (Å²) in [7, 11) is 2.79. The molecule has 0 atom stereocenters. The van der Waals surface area contributed by atoms with Crippen LogP contribution in [0.4, 0.5) is 4.39 Å². The molecule has 0 fully saturated rings. The fraction of sp³-hybridized carbons (Fsp3) is 0.200. The minimum Gasteiger partial charge on any atom is -0.481 e. The van der Waals surface area contributed by atoms with Gasteiger partial charge in [-0.05, 0) is 17.7 Å². The largest absolute Gasteiger partial charge is 0.481 e. The number of rotatable bonds is 4. The molecule has 1 aromatic heterocycles. The Labute approximate surface area is 130 Å². The minimum atomic E-state index is -0.448. The average Bonchev–Trinajstić information content (AvgIpc) is 2.53. The summed E-state index contributed by atoms with van der Waals surface area (Å²) in [5.41, 5.74) is 2.05. The van der Waals surface area contributed by atoms with Gasteiger partial charge in [-0.1, -0.05) is 28.1 Å². The maximum Gasteiger partial charge on any atom is 0.337 e. The van der Waals surface area contributed by atoms with Crippen LogP contribution in [0.3, 0.4) is 0 Å². The van der Waals surface area contributed by atoms with E-state index < -0.39 is 11.8 Å². The fourth-order valence-electron chi connectivity index (χ4n) is 2.01. The van der Waals surface area contributed by atoms with Gasteiger partial charge >= 0.3 is 5.97 Å². The Kier molecular flexibility index (Phi) is 4.90. The molecule has 0 aliphatic carbocycles. The summed E-state index contributed by atoms with van der Waals surface area (Å²) in [6.45, 7) is 0. The number of esters is 1. The molecule has 4 nitrogen and oxygen atoms in total. The third-order valence-corrected chi connectivity index (χ3v) is 3.58. The molecule has 0 amide bonds. The van der Waals surface area contributed by atoms with Crippen LogP contribution in [0.5, 0.6) is 5.88 Å². The van der Waals surface area contributed by atoms with E-state index in [1.54, 1.807) is 24.3 Å². The van der Waals surface area contributed by atoms with Gasteiger partial charge in [0.05, 0.1) is 26.0 Å². The van der Waals surface area contributed by atoms with E-state index in [1.165, 1.54) is 14.2 Å². The molecule has 0 N–H and O–H groups in total. The molecule has 6 heteroatoms. The molecule has 110 valence electrons. The average molecular weight is 354 g/mol. The smallest absolute Gasteiger partial charge is 0.337 e. The lowest BCUT2D eigenvalue weighted by atomic mass is 10.0. The second-order valence-corrected chi connectivity index (χ2v) is 4.73. The van der Waals surface area contributed by atoms with Gasteiger partial charge in [0, 0.05) is 16.5 Å². The van der Waals surface area contributed by atoms with Crippen molar-refractivity contribution in [3.63, 3.8) is 0 Å². The first-order chi connectivity index (χ1) is 10.1. The fourth-order valence-corrected chi connectivity index (χ4v) is 2.53. The third kappa shape index (κ3) is 3.05. The summed E-state index contributed by atoms with van der Waals surface area (Å²) < 4.78 is 23.9. The highest BCUT2D eigenvalue weighted by Gasteiger charge is 2.17. The molecule has 21 heavy (non-hydrogen) atoms. The van der Waals surface area contributed by atoms with Gasteiger partial charge in [-0.3, -0.25) is 0 Å². The number of ether oxygens (including phenoxy) is 2. The van der Waals surface area contributed by atoms with Gasteiger partial charge in [-0.25, -0.2) is 14.2 Å². The van der Waals surface area contributed by atoms with Gasteiger partial charge in [0.1, 0.15) is 5.82 Å². The lowest BCUT2D eigenvalue weighted by Crippen LogP contribution is -2.02. The van der Waals surface area contributed by atoms with Crippen LogP contribution in [-0.4, -0.2) is 25.2 Å². The molecular formula is C15H13BrFNO3. The number of halogens is 2.